The van der Waals surface area contributed by atoms with Crippen LogP contribution in [0.15, 0.2) is 35.5 Å². The summed E-state index contributed by atoms with van der Waals surface area (Å²) < 4.78 is 41.9. The van der Waals surface area contributed by atoms with E-state index in [4.69, 9.17) is 11.6 Å². The van der Waals surface area contributed by atoms with Crippen LogP contribution in [-0.2, 0) is 6.42 Å². The Morgan fingerprint density at radius 2 is 2.09 bits per heavy atom. The molecule has 0 saturated carbocycles. The van der Waals surface area contributed by atoms with Crippen molar-refractivity contribution in [3.63, 3.8) is 0 Å². The second-order valence-electron chi connectivity index (χ2n) is 4.73. The number of halogens is 4. The van der Waals surface area contributed by atoms with Gasteiger partial charge in [-0.1, -0.05) is 31.0 Å². The normalized spacial score (nSPS) is 11.3. The minimum Gasteiger partial charge on any atom is -0.402 e. The monoisotopic (exact) mass is 342 g/mol. The van der Waals surface area contributed by atoms with Gasteiger partial charge >= 0.3 is 6.36 Å². The quantitative estimate of drug-likeness (QED) is 0.664. The number of pyridine rings is 1. The van der Waals surface area contributed by atoms with E-state index in [1.54, 1.807) is 24.4 Å². The van der Waals surface area contributed by atoms with E-state index in [1.165, 1.54) is 6.07 Å². The number of hydrogen-bond acceptors (Lipinski definition) is 3. The van der Waals surface area contributed by atoms with Crippen molar-refractivity contribution >= 4 is 24.0 Å². The van der Waals surface area contributed by atoms with Crippen LogP contribution in [0.2, 0.25) is 5.02 Å². The average molecular weight is 343 g/mol. The molecule has 0 atom stereocenters. The van der Waals surface area contributed by atoms with Gasteiger partial charge in [0.2, 0.25) is 0 Å². The van der Waals surface area contributed by atoms with E-state index < -0.39 is 12.1 Å². The lowest BCUT2D eigenvalue weighted by molar-refractivity contribution is -0.274. The lowest BCUT2D eigenvalue weighted by Gasteiger charge is -2.18. The highest BCUT2D eigenvalue weighted by Crippen LogP contribution is 2.45. The predicted molar refractivity (Wildman–Crippen MR) is 84.6 cm³/mol. The van der Waals surface area contributed by atoms with E-state index in [9.17, 15) is 13.2 Å². The van der Waals surface area contributed by atoms with Crippen molar-refractivity contribution in [2.45, 2.75) is 26.1 Å². The molecule has 3 nitrogen and oxygen atoms in total. The molecule has 0 fully saturated rings. The zero-order valence-corrected chi connectivity index (χ0v) is 13.1. The molecule has 0 aliphatic carbocycles. The fourth-order valence-electron chi connectivity index (χ4n) is 2.29. The van der Waals surface area contributed by atoms with Crippen molar-refractivity contribution < 1.29 is 17.9 Å². The smallest absolute Gasteiger partial charge is 0.402 e. The number of aliphatic imine (C=N–C) groups is 1. The number of nitrogens with zero attached hydrogens (tertiary/aromatic N) is 2. The Kier molecular flexibility index (Phi) is 5.26. The number of benzene rings is 1. The minimum absolute atomic E-state index is 0.00247. The van der Waals surface area contributed by atoms with Crippen LogP contribution >= 0.6 is 11.6 Å². The second-order valence-corrected chi connectivity index (χ2v) is 5.14. The Morgan fingerprint density at radius 3 is 2.61 bits per heavy atom. The Labute approximate surface area is 136 Å². The van der Waals surface area contributed by atoms with Gasteiger partial charge in [-0.15, -0.1) is 13.2 Å². The molecule has 0 aliphatic rings. The van der Waals surface area contributed by atoms with Gasteiger partial charge in [0.15, 0.2) is 5.75 Å². The molecular formula is C16H14ClF3N2O. The maximum atomic E-state index is 12.6. The molecule has 0 spiro atoms. The highest BCUT2D eigenvalue weighted by molar-refractivity contribution is 6.33. The van der Waals surface area contributed by atoms with Crippen molar-refractivity contribution in [3.05, 3.63) is 41.0 Å². The van der Waals surface area contributed by atoms with Crippen LogP contribution < -0.4 is 4.74 Å². The van der Waals surface area contributed by atoms with E-state index >= 15 is 0 Å². The van der Waals surface area contributed by atoms with Gasteiger partial charge in [-0.3, -0.25) is 9.98 Å². The van der Waals surface area contributed by atoms with E-state index in [-0.39, 0.29) is 10.7 Å². The molecule has 2 aromatic rings. The van der Waals surface area contributed by atoms with Crippen molar-refractivity contribution in [2.24, 2.45) is 4.99 Å². The van der Waals surface area contributed by atoms with Gasteiger partial charge in [-0.25, -0.2) is 0 Å². The first-order valence-corrected chi connectivity index (χ1v) is 7.24. The maximum Gasteiger partial charge on any atom is 0.573 e. The molecular weight excluding hydrogens is 329 g/mol. The third-order valence-electron chi connectivity index (χ3n) is 3.13. The lowest BCUT2D eigenvalue weighted by Crippen LogP contribution is -2.18. The Hall–Kier alpha value is -2.08. The summed E-state index contributed by atoms with van der Waals surface area (Å²) in [6.45, 7) is 5.27. The van der Waals surface area contributed by atoms with Crippen molar-refractivity contribution in [1.82, 2.24) is 4.98 Å². The van der Waals surface area contributed by atoms with E-state index in [0.29, 0.717) is 29.7 Å². The molecule has 0 N–H and O–H groups in total. The van der Waals surface area contributed by atoms with Gasteiger partial charge < -0.3 is 4.74 Å². The van der Waals surface area contributed by atoms with Crippen LogP contribution in [0.5, 0.6) is 5.75 Å². The minimum atomic E-state index is -4.86. The van der Waals surface area contributed by atoms with Gasteiger partial charge in [0, 0.05) is 11.8 Å². The second kappa shape index (κ2) is 7.00. The lowest BCUT2D eigenvalue weighted by atomic mass is 9.97. The molecule has 0 radical (unpaired) electrons. The molecule has 23 heavy (non-hydrogen) atoms. The zero-order valence-electron chi connectivity index (χ0n) is 12.3. The first-order chi connectivity index (χ1) is 10.9. The summed E-state index contributed by atoms with van der Waals surface area (Å²) in [6, 6.07) is 6.71. The van der Waals surface area contributed by atoms with Gasteiger partial charge in [0.05, 0.1) is 10.7 Å². The van der Waals surface area contributed by atoms with Crippen molar-refractivity contribution in [3.8, 4) is 17.0 Å². The molecule has 1 aromatic carbocycles. The summed E-state index contributed by atoms with van der Waals surface area (Å²) in [5, 5.41) is -0.190. The number of ether oxygens (including phenoxy) is 1. The van der Waals surface area contributed by atoms with Gasteiger partial charge in [-0.05, 0) is 36.9 Å². The maximum absolute atomic E-state index is 12.6. The Balaban J connectivity index is 2.70. The number of aromatic nitrogens is 1. The number of hydrogen-bond donors (Lipinski definition) is 0. The average Bonchev–Trinajstić information content (AvgIpc) is 2.50. The highest BCUT2D eigenvalue weighted by Gasteiger charge is 2.34. The van der Waals surface area contributed by atoms with Crippen LogP contribution in [0, 0.1) is 0 Å². The van der Waals surface area contributed by atoms with Gasteiger partial charge in [-0.2, -0.15) is 0 Å². The number of rotatable bonds is 5. The summed E-state index contributed by atoms with van der Waals surface area (Å²) in [7, 11) is 0. The molecule has 0 amide bonds. The Bertz CT molecular complexity index is 703. The van der Waals surface area contributed by atoms with Gasteiger partial charge in [0.1, 0.15) is 5.69 Å². The molecule has 0 bridgehead atoms. The largest absolute Gasteiger partial charge is 0.573 e. The summed E-state index contributed by atoms with van der Waals surface area (Å²) in [4.78, 5) is 7.96. The fourth-order valence-corrected chi connectivity index (χ4v) is 2.53. The van der Waals surface area contributed by atoms with Crippen LogP contribution in [0.3, 0.4) is 0 Å². The van der Waals surface area contributed by atoms with Gasteiger partial charge in [0.25, 0.3) is 0 Å². The van der Waals surface area contributed by atoms with Crippen LogP contribution in [0.4, 0.5) is 18.9 Å². The summed E-state index contributed by atoms with van der Waals surface area (Å²) in [5.41, 5.74) is 1.79. The number of alkyl halides is 3. The zero-order chi connectivity index (χ0) is 17.0. The van der Waals surface area contributed by atoms with Crippen LogP contribution in [0.1, 0.15) is 18.9 Å². The highest BCUT2D eigenvalue weighted by atomic mass is 35.5. The first kappa shape index (κ1) is 17.3. The molecule has 0 aliphatic heterocycles. The molecule has 1 aromatic heterocycles. The molecule has 0 saturated heterocycles. The van der Waals surface area contributed by atoms with E-state index in [2.05, 4.69) is 21.4 Å². The summed E-state index contributed by atoms with van der Waals surface area (Å²) >= 11 is 6.00. The molecule has 1 heterocycles. The molecule has 2 rings (SSSR count). The van der Waals surface area contributed by atoms with Crippen molar-refractivity contribution in [1.29, 1.82) is 0 Å². The topological polar surface area (TPSA) is 34.5 Å². The molecule has 122 valence electrons. The SMILES string of the molecule is C=Nc1c(CCC)c(-c2ccccn2)cc(Cl)c1OC(F)(F)F. The van der Waals surface area contributed by atoms with E-state index in [0.717, 1.165) is 0 Å². The van der Waals surface area contributed by atoms with Crippen LogP contribution in [-0.4, -0.2) is 18.1 Å². The summed E-state index contributed by atoms with van der Waals surface area (Å²) in [6.07, 6.45) is -2.07. The predicted octanol–water partition coefficient (Wildman–Crippen LogP) is 5.59. The van der Waals surface area contributed by atoms with E-state index in [1.807, 2.05) is 6.92 Å². The summed E-state index contributed by atoms with van der Waals surface area (Å²) in [5.74, 6) is -0.530. The Morgan fingerprint density at radius 1 is 1.35 bits per heavy atom. The molecule has 7 heteroatoms. The fraction of sp³-hybridized carbons (Fsp3) is 0.250. The van der Waals surface area contributed by atoms with Crippen molar-refractivity contribution in [2.75, 3.05) is 0 Å². The molecule has 0 unspecified atom stereocenters. The third-order valence-corrected chi connectivity index (χ3v) is 3.41. The van der Waals surface area contributed by atoms with Crippen LogP contribution in [0.25, 0.3) is 11.3 Å². The first-order valence-electron chi connectivity index (χ1n) is 6.86. The standard InChI is InChI=1S/C16H14ClF3N2O/c1-3-6-10-11(13-7-4-5-8-22-13)9-12(17)15(14(10)21-2)23-16(18,19)20/h4-5,7-9H,2-3,6H2,1H3. The third kappa shape index (κ3) is 4.01.